The monoisotopic (exact) mass is 471 g/mol. The standard InChI is InChI=1S/C19H22ClN3O5S2/c1-29(25,26)22-15-7-10-18(20)17(13-15)19(24)21-14-5-8-16(9-6-14)30(27,28)23-11-3-2-4-12-23/h5-10,13,22H,2-4,11-12H2,1H3,(H,21,24). The maximum Gasteiger partial charge on any atom is 0.257 e. The molecule has 30 heavy (non-hydrogen) atoms. The predicted molar refractivity (Wildman–Crippen MR) is 117 cm³/mol. The number of nitrogens with one attached hydrogen (secondary N) is 2. The van der Waals surface area contributed by atoms with Gasteiger partial charge in [-0.2, -0.15) is 4.31 Å². The van der Waals surface area contributed by atoms with E-state index in [1.54, 1.807) is 0 Å². The van der Waals surface area contributed by atoms with Gasteiger partial charge in [-0.05, 0) is 55.3 Å². The third-order valence-electron chi connectivity index (χ3n) is 4.58. The average molecular weight is 472 g/mol. The third-order valence-corrected chi connectivity index (χ3v) is 7.43. The molecule has 2 aromatic rings. The first-order valence-corrected chi connectivity index (χ1v) is 13.0. The second-order valence-corrected chi connectivity index (χ2v) is 11.1. The molecule has 1 heterocycles. The number of anilines is 2. The summed E-state index contributed by atoms with van der Waals surface area (Å²) in [5, 5.41) is 2.79. The summed E-state index contributed by atoms with van der Waals surface area (Å²) in [6.07, 6.45) is 3.73. The molecule has 1 aliphatic heterocycles. The summed E-state index contributed by atoms with van der Waals surface area (Å²) in [5.74, 6) is -0.552. The lowest BCUT2D eigenvalue weighted by molar-refractivity contribution is 0.102. The van der Waals surface area contributed by atoms with Crippen LogP contribution in [0.25, 0.3) is 0 Å². The molecule has 0 aliphatic carbocycles. The normalized spacial score (nSPS) is 15.5. The molecule has 11 heteroatoms. The van der Waals surface area contributed by atoms with Crippen LogP contribution >= 0.6 is 11.6 Å². The van der Waals surface area contributed by atoms with Gasteiger partial charge in [0.25, 0.3) is 5.91 Å². The lowest BCUT2D eigenvalue weighted by Crippen LogP contribution is -2.35. The molecule has 2 N–H and O–H groups in total. The number of hydrogen-bond acceptors (Lipinski definition) is 5. The van der Waals surface area contributed by atoms with Gasteiger partial charge in [0.05, 0.1) is 21.7 Å². The summed E-state index contributed by atoms with van der Waals surface area (Å²) in [6.45, 7) is 1.02. The van der Waals surface area contributed by atoms with Crippen molar-refractivity contribution in [3.63, 3.8) is 0 Å². The molecular formula is C19H22ClN3O5S2. The number of piperidine rings is 1. The summed E-state index contributed by atoms with van der Waals surface area (Å²) in [4.78, 5) is 12.7. The molecule has 1 amide bonds. The van der Waals surface area contributed by atoms with E-state index in [2.05, 4.69) is 10.0 Å². The number of benzene rings is 2. The number of nitrogens with zero attached hydrogens (tertiary/aromatic N) is 1. The van der Waals surface area contributed by atoms with E-state index in [1.807, 2.05) is 0 Å². The molecular weight excluding hydrogens is 450 g/mol. The number of amides is 1. The topological polar surface area (TPSA) is 113 Å². The first-order chi connectivity index (χ1) is 14.1. The summed E-state index contributed by atoms with van der Waals surface area (Å²) < 4.78 is 51.9. The molecule has 1 saturated heterocycles. The molecule has 1 aliphatic rings. The zero-order valence-corrected chi connectivity index (χ0v) is 18.6. The molecule has 8 nitrogen and oxygen atoms in total. The van der Waals surface area contributed by atoms with Crippen LogP contribution < -0.4 is 10.0 Å². The Bertz CT molecular complexity index is 1140. The van der Waals surface area contributed by atoms with Gasteiger partial charge in [0.2, 0.25) is 20.0 Å². The van der Waals surface area contributed by atoms with Crippen LogP contribution in [-0.4, -0.2) is 46.4 Å². The predicted octanol–water partition coefficient (Wildman–Crippen LogP) is 3.14. The lowest BCUT2D eigenvalue weighted by atomic mass is 10.2. The average Bonchev–Trinajstić information content (AvgIpc) is 2.69. The highest BCUT2D eigenvalue weighted by molar-refractivity contribution is 7.92. The fourth-order valence-electron chi connectivity index (χ4n) is 3.14. The van der Waals surface area contributed by atoms with Crippen molar-refractivity contribution in [3.8, 4) is 0 Å². The van der Waals surface area contributed by atoms with Crippen molar-refractivity contribution in [2.24, 2.45) is 0 Å². The summed E-state index contributed by atoms with van der Waals surface area (Å²) >= 11 is 6.08. The Hall–Kier alpha value is -2.14. The Morgan fingerprint density at radius 3 is 2.13 bits per heavy atom. The second kappa shape index (κ2) is 8.93. The van der Waals surface area contributed by atoms with Gasteiger partial charge in [0.15, 0.2) is 0 Å². The van der Waals surface area contributed by atoms with E-state index in [0.29, 0.717) is 18.8 Å². The van der Waals surface area contributed by atoms with Crippen LogP contribution in [0.2, 0.25) is 5.02 Å². The smallest absolute Gasteiger partial charge is 0.257 e. The maximum absolute atomic E-state index is 12.7. The maximum atomic E-state index is 12.7. The van der Waals surface area contributed by atoms with Crippen molar-refractivity contribution >= 4 is 48.9 Å². The second-order valence-electron chi connectivity index (χ2n) is 7.01. The van der Waals surface area contributed by atoms with E-state index in [9.17, 15) is 21.6 Å². The number of hydrogen-bond donors (Lipinski definition) is 2. The Morgan fingerprint density at radius 2 is 1.53 bits per heavy atom. The molecule has 2 aromatic carbocycles. The van der Waals surface area contributed by atoms with Gasteiger partial charge in [-0.1, -0.05) is 18.0 Å². The fraction of sp³-hybridized carbons (Fsp3) is 0.316. The van der Waals surface area contributed by atoms with Crippen LogP contribution in [0.3, 0.4) is 0 Å². The largest absolute Gasteiger partial charge is 0.322 e. The minimum Gasteiger partial charge on any atom is -0.322 e. The highest BCUT2D eigenvalue weighted by atomic mass is 35.5. The Morgan fingerprint density at radius 1 is 0.933 bits per heavy atom. The molecule has 0 aromatic heterocycles. The van der Waals surface area contributed by atoms with Crippen molar-refractivity contribution in [2.45, 2.75) is 24.2 Å². The molecule has 0 saturated carbocycles. The van der Waals surface area contributed by atoms with Gasteiger partial charge >= 0.3 is 0 Å². The Balaban J connectivity index is 1.75. The first kappa shape index (κ1) is 22.5. The number of carbonyl (C=O) groups excluding carboxylic acids is 1. The zero-order valence-electron chi connectivity index (χ0n) is 16.3. The molecule has 1 fully saturated rings. The van der Waals surface area contributed by atoms with Crippen LogP contribution in [0, 0.1) is 0 Å². The molecule has 3 rings (SSSR count). The first-order valence-electron chi connectivity index (χ1n) is 9.25. The van der Waals surface area contributed by atoms with Crippen molar-refractivity contribution in [3.05, 3.63) is 53.1 Å². The number of rotatable bonds is 6. The highest BCUT2D eigenvalue weighted by Crippen LogP contribution is 2.24. The van der Waals surface area contributed by atoms with Crippen LogP contribution in [0.4, 0.5) is 11.4 Å². The molecule has 0 unspecified atom stereocenters. The van der Waals surface area contributed by atoms with Gasteiger partial charge in [-0.15, -0.1) is 0 Å². The van der Waals surface area contributed by atoms with Gasteiger partial charge in [-0.25, -0.2) is 16.8 Å². The fourth-order valence-corrected chi connectivity index (χ4v) is 5.42. The Labute approximate surface area is 181 Å². The summed E-state index contributed by atoms with van der Waals surface area (Å²) in [7, 11) is -7.06. The molecule has 162 valence electrons. The van der Waals surface area contributed by atoms with E-state index in [1.165, 1.54) is 46.8 Å². The molecule has 0 atom stereocenters. The van der Waals surface area contributed by atoms with E-state index in [0.717, 1.165) is 25.5 Å². The lowest BCUT2D eigenvalue weighted by Gasteiger charge is -2.25. The quantitative estimate of drug-likeness (QED) is 0.672. The molecule has 0 spiro atoms. The SMILES string of the molecule is CS(=O)(=O)Nc1ccc(Cl)c(C(=O)Nc2ccc(S(=O)(=O)N3CCCCC3)cc2)c1. The third kappa shape index (κ3) is 5.51. The van der Waals surface area contributed by atoms with Crippen molar-refractivity contribution in [1.29, 1.82) is 0 Å². The van der Waals surface area contributed by atoms with E-state index in [-0.39, 0.29) is 21.2 Å². The summed E-state index contributed by atoms with van der Waals surface area (Å²) in [5.41, 5.74) is 0.667. The van der Waals surface area contributed by atoms with Crippen molar-refractivity contribution in [1.82, 2.24) is 4.31 Å². The van der Waals surface area contributed by atoms with Gasteiger partial charge in [0.1, 0.15) is 0 Å². The minimum absolute atomic E-state index is 0.0790. The van der Waals surface area contributed by atoms with Gasteiger partial charge in [-0.3, -0.25) is 9.52 Å². The number of carbonyl (C=O) groups is 1. The van der Waals surface area contributed by atoms with E-state index < -0.39 is 26.0 Å². The van der Waals surface area contributed by atoms with Gasteiger partial charge < -0.3 is 5.32 Å². The van der Waals surface area contributed by atoms with E-state index in [4.69, 9.17) is 11.6 Å². The highest BCUT2D eigenvalue weighted by Gasteiger charge is 2.25. The number of halogens is 1. The van der Waals surface area contributed by atoms with Crippen LogP contribution in [-0.2, 0) is 20.0 Å². The number of sulfonamides is 2. The van der Waals surface area contributed by atoms with E-state index >= 15 is 0 Å². The Kier molecular flexibility index (Phi) is 6.71. The van der Waals surface area contributed by atoms with Crippen molar-refractivity contribution in [2.75, 3.05) is 29.4 Å². The van der Waals surface area contributed by atoms with Crippen LogP contribution in [0.1, 0.15) is 29.6 Å². The molecule has 0 radical (unpaired) electrons. The van der Waals surface area contributed by atoms with Crippen LogP contribution in [0.15, 0.2) is 47.4 Å². The van der Waals surface area contributed by atoms with Crippen molar-refractivity contribution < 1.29 is 21.6 Å². The molecule has 0 bridgehead atoms. The van der Waals surface area contributed by atoms with Gasteiger partial charge in [0, 0.05) is 24.5 Å². The van der Waals surface area contributed by atoms with Crippen LogP contribution in [0.5, 0.6) is 0 Å². The minimum atomic E-state index is -3.55. The summed E-state index contributed by atoms with van der Waals surface area (Å²) in [6, 6.07) is 10.1. The zero-order chi connectivity index (χ0) is 21.9.